The molecule has 0 amide bonds. The largest absolute Gasteiger partial charge is 0.396 e. The summed E-state index contributed by atoms with van der Waals surface area (Å²) >= 11 is 0. The molecule has 106 valence electrons. The molecule has 1 rings (SSSR count). The molecule has 9 heteroatoms. The Morgan fingerprint density at radius 2 is 2.11 bits per heavy atom. The second kappa shape index (κ2) is 6.45. The first kappa shape index (κ1) is 15.3. The van der Waals surface area contributed by atoms with E-state index in [0.717, 1.165) is 6.07 Å². The lowest BCUT2D eigenvalue weighted by Gasteiger charge is -2.08. The highest BCUT2D eigenvalue weighted by molar-refractivity contribution is 7.89. The number of hydrogen-bond donors (Lipinski definition) is 3. The van der Waals surface area contributed by atoms with Crippen molar-refractivity contribution in [2.24, 2.45) is 0 Å². The third kappa shape index (κ3) is 3.88. The van der Waals surface area contributed by atoms with E-state index < -0.39 is 14.9 Å². The zero-order chi connectivity index (χ0) is 14.5. The summed E-state index contributed by atoms with van der Waals surface area (Å²) in [5, 5.41) is 22.3. The molecular formula is C10H15N3O5S. The number of nitro groups is 1. The Morgan fingerprint density at radius 1 is 1.42 bits per heavy atom. The Kier molecular flexibility index (Phi) is 5.21. The predicted octanol–water partition coefficient (Wildman–Crippen LogP) is 0.297. The van der Waals surface area contributed by atoms with Crippen molar-refractivity contribution >= 4 is 21.4 Å². The van der Waals surface area contributed by atoms with Gasteiger partial charge in [0.25, 0.3) is 5.69 Å². The zero-order valence-electron chi connectivity index (χ0n) is 10.3. The third-order valence-corrected chi connectivity index (χ3v) is 3.81. The average Bonchev–Trinajstić information content (AvgIpc) is 2.39. The van der Waals surface area contributed by atoms with Crippen LogP contribution in [0.4, 0.5) is 11.4 Å². The molecule has 1 aromatic rings. The molecule has 3 N–H and O–H groups in total. The molecule has 0 saturated heterocycles. The van der Waals surface area contributed by atoms with Crippen LogP contribution in [0.25, 0.3) is 0 Å². The molecule has 1 aromatic carbocycles. The number of nitrogens with one attached hydrogen (secondary N) is 2. The molecule has 0 unspecified atom stereocenters. The van der Waals surface area contributed by atoms with Crippen LogP contribution in [0.5, 0.6) is 0 Å². The van der Waals surface area contributed by atoms with Crippen molar-refractivity contribution < 1.29 is 18.4 Å². The molecule has 0 aliphatic rings. The molecule has 8 nitrogen and oxygen atoms in total. The van der Waals surface area contributed by atoms with E-state index in [9.17, 15) is 18.5 Å². The van der Waals surface area contributed by atoms with Crippen LogP contribution in [0.15, 0.2) is 23.1 Å². The summed E-state index contributed by atoms with van der Waals surface area (Å²) in [7, 11) is -2.49. The predicted molar refractivity (Wildman–Crippen MR) is 69.5 cm³/mol. The molecule has 19 heavy (non-hydrogen) atoms. The minimum Gasteiger partial charge on any atom is -0.396 e. The van der Waals surface area contributed by atoms with Crippen molar-refractivity contribution in [2.75, 3.05) is 25.5 Å². The average molecular weight is 289 g/mol. The van der Waals surface area contributed by atoms with Gasteiger partial charge in [-0.1, -0.05) is 0 Å². The van der Waals surface area contributed by atoms with Gasteiger partial charge in [-0.15, -0.1) is 0 Å². The number of sulfonamides is 1. The first-order valence-corrected chi connectivity index (χ1v) is 6.97. The molecule has 0 spiro atoms. The molecule has 0 heterocycles. The van der Waals surface area contributed by atoms with Crippen LogP contribution in [0, 0.1) is 10.1 Å². The monoisotopic (exact) mass is 289 g/mol. The Balaban J connectivity index is 3.12. The maximum absolute atomic E-state index is 11.6. The fraction of sp³-hybridized carbons (Fsp3) is 0.400. The quantitative estimate of drug-likeness (QED) is 0.377. The lowest BCUT2D eigenvalue weighted by atomic mass is 10.2. The van der Waals surface area contributed by atoms with E-state index in [1.807, 2.05) is 0 Å². The number of hydrogen-bond acceptors (Lipinski definition) is 6. The van der Waals surface area contributed by atoms with Gasteiger partial charge in [0.1, 0.15) is 5.69 Å². The summed E-state index contributed by atoms with van der Waals surface area (Å²) in [5.41, 5.74) is -0.109. The number of rotatable bonds is 7. The summed E-state index contributed by atoms with van der Waals surface area (Å²) in [4.78, 5) is 10.1. The number of aliphatic hydroxyl groups is 1. The highest BCUT2D eigenvalue weighted by Crippen LogP contribution is 2.27. The van der Waals surface area contributed by atoms with Gasteiger partial charge >= 0.3 is 0 Å². The van der Waals surface area contributed by atoms with E-state index in [0.29, 0.717) is 13.0 Å². The normalized spacial score (nSPS) is 11.3. The first-order chi connectivity index (χ1) is 8.92. The zero-order valence-corrected chi connectivity index (χ0v) is 11.1. The molecule has 0 radical (unpaired) electrons. The molecule has 0 aliphatic heterocycles. The highest BCUT2D eigenvalue weighted by Gasteiger charge is 2.19. The van der Waals surface area contributed by atoms with Crippen LogP contribution < -0.4 is 10.0 Å². The SMILES string of the molecule is CNS(=O)(=O)c1ccc(NCCCO)c([N+](=O)[O-])c1. The van der Waals surface area contributed by atoms with E-state index in [1.165, 1.54) is 19.2 Å². The summed E-state index contributed by atoms with van der Waals surface area (Å²) in [5.74, 6) is 0. The van der Waals surface area contributed by atoms with E-state index in [2.05, 4.69) is 10.0 Å². The van der Waals surface area contributed by atoms with E-state index in [-0.39, 0.29) is 22.9 Å². The van der Waals surface area contributed by atoms with Gasteiger partial charge in [0.05, 0.1) is 9.82 Å². The van der Waals surface area contributed by atoms with Crippen LogP contribution in [-0.2, 0) is 10.0 Å². The molecule has 0 atom stereocenters. The van der Waals surface area contributed by atoms with Gasteiger partial charge in [-0.25, -0.2) is 13.1 Å². The Hall–Kier alpha value is -1.71. The minimum absolute atomic E-state index is 0.0347. The van der Waals surface area contributed by atoms with Crippen LogP contribution in [0.1, 0.15) is 6.42 Å². The van der Waals surface area contributed by atoms with Crippen molar-refractivity contribution in [3.8, 4) is 0 Å². The van der Waals surface area contributed by atoms with E-state index in [1.54, 1.807) is 0 Å². The second-order valence-corrected chi connectivity index (χ2v) is 5.53. The lowest BCUT2D eigenvalue weighted by Crippen LogP contribution is -2.18. The molecule has 0 saturated carbocycles. The van der Waals surface area contributed by atoms with Gasteiger partial charge < -0.3 is 10.4 Å². The Bertz CT molecular complexity index is 558. The standard InChI is InChI=1S/C10H15N3O5S/c1-11-19(17,18)8-3-4-9(12-5-2-6-14)10(7-8)13(15)16/h3-4,7,11-12,14H,2,5-6H2,1H3. The molecule has 0 fully saturated rings. The van der Waals surface area contributed by atoms with Crippen molar-refractivity contribution in [2.45, 2.75) is 11.3 Å². The minimum atomic E-state index is -3.72. The maximum Gasteiger partial charge on any atom is 0.293 e. The fourth-order valence-electron chi connectivity index (χ4n) is 1.40. The van der Waals surface area contributed by atoms with Crippen LogP contribution in [0.2, 0.25) is 0 Å². The first-order valence-electron chi connectivity index (χ1n) is 5.49. The Morgan fingerprint density at radius 3 is 2.63 bits per heavy atom. The summed E-state index contributed by atoms with van der Waals surface area (Å²) in [6, 6.07) is 3.60. The number of benzene rings is 1. The number of nitrogens with zero attached hydrogens (tertiary/aromatic N) is 1. The summed E-state index contributed by atoms with van der Waals surface area (Å²) in [6.45, 7) is 0.322. The van der Waals surface area contributed by atoms with Gasteiger partial charge in [0.2, 0.25) is 10.0 Å². The Labute approximate surface area is 110 Å². The van der Waals surface area contributed by atoms with Crippen molar-refractivity contribution in [3.05, 3.63) is 28.3 Å². The number of anilines is 1. The van der Waals surface area contributed by atoms with Crippen molar-refractivity contribution in [3.63, 3.8) is 0 Å². The highest BCUT2D eigenvalue weighted by atomic mass is 32.2. The van der Waals surface area contributed by atoms with Gasteiger partial charge in [-0.2, -0.15) is 0 Å². The van der Waals surface area contributed by atoms with E-state index >= 15 is 0 Å². The second-order valence-electron chi connectivity index (χ2n) is 3.65. The van der Waals surface area contributed by atoms with Crippen molar-refractivity contribution in [1.29, 1.82) is 0 Å². The van der Waals surface area contributed by atoms with Gasteiger partial charge in [-0.05, 0) is 25.6 Å². The van der Waals surface area contributed by atoms with Crippen molar-refractivity contribution in [1.82, 2.24) is 4.72 Å². The van der Waals surface area contributed by atoms with Gasteiger partial charge in [0, 0.05) is 19.2 Å². The number of aliphatic hydroxyl groups excluding tert-OH is 1. The topological polar surface area (TPSA) is 122 Å². The smallest absolute Gasteiger partial charge is 0.293 e. The van der Waals surface area contributed by atoms with Gasteiger partial charge in [0.15, 0.2) is 0 Å². The molecule has 0 aromatic heterocycles. The number of nitro benzene ring substituents is 1. The van der Waals surface area contributed by atoms with Crippen LogP contribution >= 0.6 is 0 Å². The van der Waals surface area contributed by atoms with Gasteiger partial charge in [-0.3, -0.25) is 10.1 Å². The van der Waals surface area contributed by atoms with E-state index in [4.69, 9.17) is 5.11 Å². The molecule has 0 aliphatic carbocycles. The third-order valence-electron chi connectivity index (χ3n) is 2.40. The maximum atomic E-state index is 11.6. The fourth-order valence-corrected chi connectivity index (χ4v) is 2.15. The lowest BCUT2D eigenvalue weighted by molar-refractivity contribution is -0.384. The summed E-state index contributed by atoms with van der Waals surface area (Å²) in [6.07, 6.45) is 0.438. The summed E-state index contributed by atoms with van der Waals surface area (Å²) < 4.78 is 25.2. The molecule has 0 bridgehead atoms. The van der Waals surface area contributed by atoms with Crippen LogP contribution in [-0.4, -0.2) is 38.6 Å². The molecular weight excluding hydrogens is 274 g/mol. The van der Waals surface area contributed by atoms with Crippen LogP contribution in [0.3, 0.4) is 0 Å².